The lowest BCUT2D eigenvalue weighted by Gasteiger charge is -2.34. The average molecular weight is 421 g/mol. The number of aryl methyl sites for hydroxylation is 1. The molecule has 2 aliphatic rings. The summed E-state index contributed by atoms with van der Waals surface area (Å²) in [5, 5.41) is 6.53. The molecule has 2 heterocycles. The molecule has 1 amide bonds. The van der Waals surface area contributed by atoms with Crippen molar-refractivity contribution in [2.45, 2.75) is 26.3 Å². The Morgan fingerprint density at radius 3 is 2.52 bits per heavy atom. The number of benzene rings is 2. The van der Waals surface area contributed by atoms with Crippen LogP contribution in [0.2, 0.25) is 0 Å². The first kappa shape index (κ1) is 21.5. The molecule has 1 atom stereocenters. The minimum absolute atomic E-state index is 0.0449. The Morgan fingerprint density at radius 2 is 1.81 bits per heavy atom. The number of carbonyl (C=O) groups is 1. The van der Waals surface area contributed by atoms with Crippen molar-refractivity contribution >= 4 is 11.6 Å². The molecule has 0 unspecified atom stereocenters. The molecule has 1 fully saturated rings. The second kappa shape index (κ2) is 9.62. The van der Waals surface area contributed by atoms with E-state index in [2.05, 4.69) is 41.8 Å². The van der Waals surface area contributed by atoms with Crippen molar-refractivity contribution in [1.82, 2.24) is 14.8 Å². The molecule has 2 aromatic carbocycles. The van der Waals surface area contributed by atoms with Crippen LogP contribution in [0.1, 0.15) is 36.1 Å². The quantitative estimate of drug-likeness (QED) is 0.719. The van der Waals surface area contributed by atoms with Gasteiger partial charge in [0.05, 0.1) is 25.4 Å². The molecule has 164 valence electrons. The van der Waals surface area contributed by atoms with Gasteiger partial charge in [-0.3, -0.25) is 9.69 Å². The summed E-state index contributed by atoms with van der Waals surface area (Å²) in [7, 11) is 1.68. The topological polar surface area (TPSA) is 48.4 Å². The van der Waals surface area contributed by atoms with E-state index in [4.69, 9.17) is 9.84 Å². The monoisotopic (exact) mass is 420 g/mol. The highest BCUT2D eigenvalue weighted by atomic mass is 16.5. The van der Waals surface area contributed by atoms with Gasteiger partial charge in [0, 0.05) is 38.2 Å². The van der Waals surface area contributed by atoms with Crippen molar-refractivity contribution < 1.29 is 9.53 Å². The SMILES string of the molecule is CCN1CCN(CC(=O)N2N=C(c3cccc(C)c3)C[C@H]2c2ccccc2OC)CC1. The molecule has 0 aromatic heterocycles. The predicted octanol–water partition coefficient (Wildman–Crippen LogP) is 3.32. The molecule has 31 heavy (non-hydrogen) atoms. The Bertz CT molecular complexity index is 950. The van der Waals surface area contributed by atoms with Gasteiger partial charge >= 0.3 is 0 Å². The summed E-state index contributed by atoms with van der Waals surface area (Å²) in [5.74, 6) is 0.839. The first-order valence-electron chi connectivity index (χ1n) is 11.1. The Kier molecular flexibility index (Phi) is 6.68. The van der Waals surface area contributed by atoms with E-state index in [1.165, 1.54) is 5.56 Å². The lowest BCUT2D eigenvalue weighted by Crippen LogP contribution is -2.49. The van der Waals surface area contributed by atoms with E-state index in [0.717, 1.165) is 55.3 Å². The molecule has 0 saturated carbocycles. The van der Waals surface area contributed by atoms with Crippen LogP contribution in [-0.2, 0) is 4.79 Å². The molecule has 0 bridgehead atoms. The highest BCUT2D eigenvalue weighted by Gasteiger charge is 2.35. The zero-order valence-corrected chi connectivity index (χ0v) is 18.8. The fraction of sp³-hybridized carbons (Fsp3) is 0.440. The van der Waals surface area contributed by atoms with Crippen LogP contribution in [0.3, 0.4) is 0 Å². The number of piperazine rings is 1. The van der Waals surface area contributed by atoms with Gasteiger partial charge in [-0.1, -0.05) is 55.0 Å². The van der Waals surface area contributed by atoms with E-state index in [1.807, 2.05) is 30.3 Å². The number of amides is 1. The van der Waals surface area contributed by atoms with Crippen molar-refractivity contribution in [3.05, 3.63) is 65.2 Å². The Morgan fingerprint density at radius 1 is 1.06 bits per heavy atom. The van der Waals surface area contributed by atoms with Crippen LogP contribution in [0, 0.1) is 6.92 Å². The molecular formula is C25H32N4O2. The van der Waals surface area contributed by atoms with Gasteiger partial charge in [0.2, 0.25) is 0 Å². The second-order valence-electron chi connectivity index (χ2n) is 8.33. The number of hydrogen-bond acceptors (Lipinski definition) is 5. The molecule has 6 heteroatoms. The number of hydrogen-bond donors (Lipinski definition) is 0. The molecular weight excluding hydrogens is 388 g/mol. The van der Waals surface area contributed by atoms with Crippen LogP contribution in [0.5, 0.6) is 5.75 Å². The maximum Gasteiger partial charge on any atom is 0.257 e. The number of carbonyl (C=O) groups excluding carboxylic acids is 1. The molecule has 2 aliphatic heterocycles. The second-order valence-corrected chi connectivity index (χ2v) is 8.33. The van der Waals surface area contributed by atoms with E-state index in [-0.39, 0.29) is 11.9 Å². The number of hydrazone groups is 1. The third-order valence-electron chi connectivity index (χ3n) is 6.29. The highest BCUT2D eigenvalue weighted by Crippen LogP contribution is 2.37. The van der Waals surface area contributed by atoms with Gasteiger partial charge in [-0.15, -0.1) is 0 Å². The van der Waals surface area contributed by atoms with Gasteiger partial charge in [0.25, 0.3) is 5.91 Å². The highest BCUT2D eigenvalue weighted by molar-refractivity contribution is 6.03. The van der Waals surface area contributed by atoms with Crippen LogP contribution in [-0.4, -0.2) is 72.8 Å². The standard InChI is InChI=1S/C25H32N4O2/c1-4-27-12-14-28(15-13-27)18-25(30)29-23(21-10-5-6-11-24(21)31-3)17-22(26-29)20-9-7-8-19(2)16-20/h5-11,16,23H,4,12-15,17-18H2,1-3H3/t23-/m0/s1. The minimum atomic E-state index is -0.156. The van der Waals surface area contributed by atoms with E-state index >= 15 is 0 Å². The van der Waals surface area contributed by atoms with Gasteiger partial charge in [0.1, 0.15) is 5.75 Å². The van der Waals surface area contributed by atoms with Crippen LogP contribution in [0.4, 0.5) is 0 Å². The number of methoxy groups -OCH3 is 1. The van der Waals surface area contributed by atoms with E-state index in [0.29, 0.717) is 13.0 Å². The number of likely N-dealkylation sites (N-methyl/N-ethyl adjacent to an activating group) is 1. The molecule has 0 spiro atoms. The summed E-state index contributed by atoms with van der Waals surface area (Å²) in [6.45, 7) is 9.58. The lowest BCUT2D eigenvalue weighted by molar-refractivity contribution is -0.134. The third-order valence-corrected chi connectivity index (χ3v) is 6.29. The van der Waals surface area contributed by atoms with Crippen molar-refractivity contribution in [2.24, 2.45) is 5.10 Å². The minimum Gasteiger partial charge on any atom is -0.496 e. The van der Waals surface area contributed by atoms with E-state index in [1.54, 1.807) is 12.1 Å². The first-order chi connectivity index (χ1) is 15.1. The van der Waals surface area contributed by atoms with Gasteiger partial charge < -0.3 is 9.64 Å². The van der Waals surface area contributed by atoms with Crippen molar-refractivity contribution in [2.75, 3.05) is 46.4 Å². The zero-order chi connectivity index (χ0) is 21.8. The number of para-hydroxylation sites is 1. The summed E-state index contributed by atoms with van der Waals surface area (Å²) in [5.41, 5.74) is 4.21. The third kappa shape index (κ3) is 4.81. The number of nitrogens with zero attached hydrogens (tertiary/aromatic N) is 4. The molecule has 0 radical (unpaired) electrons. The molecule has 0 N–H and O–H groups in total. The largest absolute Gasteiger partial charge is 0.496 e. The van der Waals surface area contributed by atoms with Gasteiger partial charge in [-0.05, 0) is 25.1 Å². The number of ether oxygens (including phenoxy) is 1. The van der Waals surface area contributed by atoms with Crippen molar-refractivity contribution in [1.29, 1.82) is 0 Å². The van der Waals surface area contributed by atoms with Gasteiger partial charge in [-0.2, -0.15) is 5.10 Å². The lowest BCUT2D eigenvalue weighted by atomic mass is 9.97. The Labute approximate surface area is 185 Å². The van der Waals surface area contributed by atoms with Crippen molar-refractivity contribution in [3.8, 4) is 5.75 Å². The first-order valence-corrected chi connectivity index (χ1v) is 11.1. The average Bonchev–Trinajstić information content (AvgIpc) is 3.25. The fourth-order valence-electron chi connectivity index (χ4n) is 4.45. The molecule has 0 aliphatic carbocycles. The normalized spacial score (nSPS) is 20.0. The summed E-state index contributed by atoms with van der Waals surface area (Å²) in [6, 6.07) is 16.1. The zero-order valence-electron chi connectivity index (χ0n) is 18.8. The van der Waals surface area contributed by atoms with E-state index < -0.39 is 0 Å². The maximum atomic E-state index is 13.4. The number of rotatable bonds is 6. The molecule has 6 nitrogen and oxygen atoms in total. The summed E-state index contributed by atoms with van der Waals surface area (Å²) >= 11 is 0. The summed E-state index contributed by atoms with van der Waals surface area (Å²) < 4.78 is 5.62. The summed E-state index contributed by atoms with van der Waals surface area (Å²) in [4.78, 5) is 18.1. The van der Waals surface area contributed by atoms with Crippen LogP contribution in [0.15, 0.2) is 53.6 Å². The van der Waals surface area contributed by atoms with Gasteiger partial charge in [0.15, 0.2) is 0 Å². The van der Waals surface area contributed by atoms with E-state index in [9.17, 15) is 4.79 Å². The fourth-order valence-corrected chi connectivity index (χ4v) is 4.45. The molecule has 2 aromatic rings. The summed E-state index contributed by atoms with van der Waals surface area (Å²) in [6.07, 6.45) is 0.680. The van der Waals surface area contributed by atoms with Crippen LogP contribution < -0.4 is 4.74 Å². The smallest absolute Gasteiger partial charge is 0.257 e. The maximum absolute atomic E-state index is 13.4. The van der Waals surface area contributed by atoms with Crippen LogP contribution in [0.25, 0.3) is 0 Å². The predicted molar refractivity (Wildman–Crippen MR) is 123 cm³/mol. The molecule has 4 rings (SSSR count). The Hall–Kier alpha value is -2.70. The van der Waals surface area contributed by atoms with Crippen LogP contribution >= 0.6 is 0 Å². The van der Waals surface area contributed by atoms with Crippen molar-refractivity contribution in [3.63, 3.8) is 0 Å². The Balaban J connectivity index is 1.59. The molecule has 1 saturated heterocycles. The van der Waals surface area contributed by atoms with Gasteiger partial charge in [-0.25, -0.2) is 5.01 Å².